The molecule has 1 heterocycles. The summed E-state index contributed by atoms with van der Waals surface area (Å²) in [7, 11) is 0. The molecule has 2 N–H and O–H groups in total. The van der Waals surface area contributed by atoms with E-state index >= 15 is 0 Å². The number of ketones is 1. The number of carbonyl (C=O) groups is 2. The second-order valence-electron chi connectivity index (χ2n) is 7.22. The smallest absolute Gasteiger partial charge is 0.331 e. The Morgan fingerprint density at radius 2 is 1.66 bits per heavy atom. The second kappa shape index (κ2) is 15.7. The van der Waals surface area contributed by atoms with Crippen LogP contribution in [0.3, 0.4) is 0 Å². The van der Waals surface area contributed by atoms with Crippen molar-refractivity contribution in [1.82, 2.24) is 0 Å². The van der Waals surface area contributed by atoms with E-state index in [1.54, 1.807) is 42.5 Å². The Kier molecular flexibility index (Phi) is 13.4. The number of hydrogen-bond acceptors (Lipinski definition) is 5. The summed E-state index contributed by atoms with van der Waals surface area (Å²) in [6.07, 6.45) is 20.5. The number of aliphatic hydroxyl groups is 2. The molecule has 1 aliphatic heterocycles. The van der Waals surface area contributed by atoms with Gasteiger partial charge in [-0.05, 0) is 45.4 Å². The van der Waals surface area contributed by atoms with Crippen molar-refractivity contribution in [2.24, 2.45) is 0 Å². The maximum Gasteiger partial charge on any atom is 0.331 e. The Hall–Kier alpha value is -2.24. The number of ether oxygens (including phenoxy) is 1. The quantitative estimate of drug-likeness (QED) is 0.470. The fourth-order valence-electron chi connectivity index (χ4n) is 2.76. The normalized spacial score (nSPS) is 26.8. The first kappa shape index (κ1) is 24.8. The molecule has 5 nitrogen and oxygen atoms in total. The Labute approximate surface area is 174 Å². The highest BCUT2D eigenvalue weighted by molar-refractivity contribution is 5.82. The highest BCUT2D eigenvalue weighted by atomic mass is 16.5. The molecule has 0 saturated heterocycles. The van der Waals surface area contributed by atoms with Gasteiger partial charge in [-0.1, -0.05) is 54.7 Å². The number of rotatable bonds is 0. The van der Waals surface area contributed by atoms with E-state index in [4.69, 9.17) is 4.74 Å². The summed E-state index contributed by atoms with van der Waals surface area (Å²) < 4.78 is 5.31. The number of aliphatic hydroxyl groups excluding tert-OH is 2. The van der Waals surface area contributed by atoms with Crippen molar-refractivity contribution in [3.8, 4) is 0 Å². The maximum atomic E-state index is 11.9. The lowest BCUT2D eigenvalue weighted by atomic mass is 10.1. The predicted octanol–water partition coefficient (Wildman–Crippen LogP) is 4.12. The number of allylic oxidation sites excluding steroid dienone is 6. The third-order valence-corrected chi connectivity index (χ3v) is 4.36. The van der Waals surface area contributed by atoms with Crippen LogP contribution in [0, 0.1) is 0 Å². The second-order valence-corrected chi connectivity index (χ2v) is 7.22. The first-order valence-corrected chi connectivity index (χ1v) is 10.4. The minimum absolute atomic E-state index is 0.0522. The van der Waals surface area contributed by atoms with Crippen LogP contribution in [0.1, 0.15) is 58.3 Å². The number of hydrogen-bond donors (Lipinski definition) is 2. The molecule has 0 fully saturated rings. The first-order chi connectivity index (χ1) is 14.0. The van der Waals surface area contributed by atoms with Crippen LogP contribution in [0.15, 0.2) is 60.8 Å². The van der Waals surface area contributed by atoms with Crippen LogP contribution in [0.5, 0.6) is 0 Å². The molecule has 0 aromatic carbocycles. The Balaban J connectivity index is 2.61. The van der Waals surface area contributed by atoms with E-state index in [1.807, 2.05) is 19.1 Å². The molecule has 0 aromatic rings. The fraction of sp³-hybridized carbons (Fsp3) is 0.500. The Morgan fingerprint density at radius 1 is 0.931 bits per heavy atom. The molecule has 0 bridgehead atoms. The molecule has 3 atom stereocenters. The van der Waals surface area contributed by atoms with E-state index in [0.717, 1.165) is 19.3 Å². The highest BCUT2D eigenvalue weighted by Gasteiger charge is 2.09. The molecule has 1 aliphatic rings. The van der Waals surface area contributed by atoms with Gasteiger partial charge < -0.3 is 14.9 Å². The molecule has 0 amide bonds. The van der Waals surface area contributed by atoms with E-state index in [1.165, 1.54) is 6.08 Å². The predicted molar refractivity (Wildman–Crippen MR) is 115 cm³/mol. The zero-order valence-electron chi connectivity index (χ0n) is 17.3. The summed E-state index contributed by atoms with van der Waals surface area (Å²) in [4.78, 5) is 23.6. The van der Waals surface area contributed by atoms with Crippen molar-refractivity contribution in [2.75, 3.05) is 0 Å². The van der Waals surface area contributed by atoms with Gasteiger partial charge in [-0.3, -0.25) is 4.79 Å². The molecule has 0 aromatic heterocycles. The van der Waals surface area contributed by atoms with Crippen molar-refractivity contribution in [1.29, 1.82) is 0 Å². The van der Waals surface area contributed by atoms with Crippen LogP contribution in [0.4, 0.5) is 0 Å². The van der Waals surface area contributed by atoms with Gasteiger partial charge in [0, 0.05) is 18.9 Å². The molecule has 0 saturated carbocycles. The highest BCUT2D eigenvalue weighted by Crippen LogP contribution is 2.08. The van der Waals surface area contributed by atoms with Gasteiger partial charge in [0.1, 0.15) is 5.78 Å². The minimum atomic E-state index is -0.675. The summed E-state index contributed by atoms with van der Waals surface area (Å²) in [5, 5.41) is 19.8. The van der Waals surface area contributed by atoms with Crippen LogP contribution in [-0.2, 0) is 14.3 Å². The molecule has 0 radical (unpaired) electrons. The van der Waals surface area contributed by atoms with Gasteiger partial charge in [-0.15, -0.1) is 0 Å². The molecule has 5 heteroatoms. The van der Waals surface area contributed by atoms with Gasteiger partial charge in [0.05, 0.1) is 18.3 Å². The van der Waals surface area contributed by atoms with Gasteiger partial charge in [0.2, 0.25) is 0 Å². The van der Waals surface area contributed by atoms with Crippen LogP contribution >= 0.6 is 0 Å². The van der Waals surface area contributed by atoms with Crippen molar-refractivity contribution in [3.63, 3.8) is 0 Å². The molecule has 0 aliphatic carbocycles. The number of carbonyl (C=O) groups excluding carboxylic acids is 2. The lowest BCUT2D eigenvalue weighted by Crippen LogP contribution is -2.12. The van der Waals surface area contributed by atoms with Crippen molar-refractivity contribution < 1.29 is 24.5 Å². The van der Waals surface area contributed by atoms with E-state index in [2.05, 4.69) is 0 Å². The molecular weight excluding hydrogens is 368 g/mol. The van der Waals surface area contributed by atoms with Gasteiger partial charge in [0.25, 0.3) is 0 Å². The van der Waals surface area contributed by atoms with E-state index in [9.17, 15) is 19.8 Å². The molecular formula is C24H34O5. The van der Waals surface area contributed by atoms with Crippen molar-refractivity contribution in [2.45, 2.75) is 76.6 Å². The largest absolute Gasteiger partial charge is 0.460 e. The van der Waals surface area contributed by atoms with E-state index in [-0.39, 0.29) is 24.3 Å². The van der Waals surface area contributed by atoms with Crippen LogP contribution in [0.2, 0.25) is 0 Å². The zero-order valence-corrected chi connectivity index (χ0v) is 17.3. The molecule has 0 unspecified atom stereocenters. The third-order valence-electron chi connectivity index (χ3n) is 4.36. The summed E-state index contributed by atoms with van der Waals surface area (Å²) in [5.41, 5.74) is 0. The van der Waals surface area contributed by atoms with Crippen LogP contribution < -0.4 is 0 Å². The SMILES string of the molecule is C[C@@H]1CCCC=CCCC(=O)C[C@@H](O)CC=CC=C[C@@H](O)CC=CC=CC(=O)O1. The molecule has 29 heavy (non-hydrogen) atoms. The average molecular weight is 403 g/mol. The number of cyclic esters (lactones) is 1. The molecule has 1 rings (SSSR count). The lowest BCUT2D eigenvalue weighted by Gasteiger charge is -2.10. The van der Waals surface area contributed by atoms with Crippen molar-refractivity contribution in [3.05, 3.63) is 60.8 Å². The Morgan fingerprint density at radius 3 is 2.48 bits per heavy atom. The fourth-order valence-corrected chi connectivity index (χ4v) is 2.76. The van der Waals surface area contributed by atoms with E-state index < -0.39 is 12.2 Å². The Bertz CT molecular complexity index is 627. The summed E-state index contributed by atoms with van der Waals surface area (Å²) in [6.45, 7) is 1.87. The zero-order chi connectivity index (χ0) is 21.3. The van der Waals surface area contributed by atoms with Crippen LogP contribution in [-0.4, -0.2) is 40.3 Å². The minimum Gasteiger partial charge on any atom is -0.460 e. The van der Waals surface area contributed by atoms with Gasteiger partial charge >= 0.3 is 5.97 Å². The van der Waals surface area contributed by atoms with Gasteiger partial charge in [0.15, 0.2) is 0 Å². The third kappa shape index (κ3) is 14.4. The maximum absolute atomic E-state index is 11.9. The average Bonchev–Trinajstić information content (AvgIpc) is 2.65. The topological polar surface area (TPSA) is 83.8 Å². The summed E-state index contributed by atoms with van der Waals surface area (Å²) in [5.74, 6) is -0.324. The van der Waals surface area contributed by atoms with Crippen LogP contribution in [0.25, 0.3) is 0 Å². The monoisotopic (exact) mass is 402 g/mol. The standard InChI is InChI=1S/C24H34O5/c1-20-13-7-3-2-4-8-16-22(26)19-23(27)17-11-5-9-14-21(25)15-10-6-12-18-24(28)29-20/h2,4-6,9-12,14,18,20-21,23,25,27H,3,7-8,13,15-17,19H2,1H3/t20-,21-,23+/m1/s1. The number of Topliss-reactive ketones (excluding diaryl/α,β-unsaturated/α-hetero) is 1. The molecule has 0 spiro atoms. The van der Waals surface area contributed by atoms with Gasteiger partial charge in [-0.2, -0.15) is 0 Å². The summed E-state index contributed by atoms with van der Waals surface area (Å²) in [6, 6.07) is 0. The first-order valence-electron chi connectivity index (χ1n) is 10.4. The van der Waals surface area contributed by atoms with Gasteiger partial charge in [-0.25, -0.2) is 4.79 Å². The van der Waals surface area contributed by atoms with Crippen molar-refractivity contribution >= 4 is 11.8 Å². The van der Waals surface area contributed by atoms with E-state index in [0.29, 0.717) is 25.7 Å². The number of esters is 1. The molecule has 160 valence electrons. The lowest BCUT2D eigenvalue weighted by molar-refractivity contribution is -0.142. The summed E-state index contributed by atoms with van der Waals surface area (Å²) >= 11 is 0.